The number of likely N-dealkylation sites (N-methyl/N-ethyl adjacent to an activating group) is 1. The summed E-state index contributed by atoms with van der Waals surface area (Å²) in [5, 5.41) is 28.8. The van der Waals surface area contributed by atoms with Gasteiger partial charge in [0, 0.05) is 24.0 Å². The molecule has 0 fully saturated rings. The summed E-state index contributed by atoms with van der Waals surface area (Å²) >= 11 is 0. The highest BCUT2D eigenvalue weighted by Crippen LogP contribution is 2.38. The molecule has 2 aromatic carbocycles. The normalized spacial score (nSPS) is 22.0. The van der Waals surface area contributed by atoms with Crippen molar-refractivity contribution >= 4 is 0 Å². The van der Waals surface area contributed by atoms with Crippen LogP contribution in [0.2, 0.25) is 0 Å². The van der Waals surface area contributed by atoms with Crippen LogP contribution in [0.15, 0.2) is 49.1 Å². The van der Waals surface area contributed by atoms with Gasteiger partial charge in [0.2, 0.25) is 0 Å². The number of phenols is 1. The van der Waals surface area contributed by atoms with Crippen molar-refractivity contribution in [2.45, 2.75) is 32.1 Å². The van der Waals surface area contributed by atoms with Gasteiger partial charge in [-0.3, -0.25) is 0 Å². The van der Waals surface area contributed by atoms with Crippen molar-refractivity contribution in [3.05, 3.63) is 76.9 Å². The Hall–Kier alpha value is -2.14. The van der Waals surface area contributed by atoms with Crippen molar-refractivity contribution in [2.75, 3.05) is 20.1 Å². The molecule has 3 rings (SSSR count). The van der Waals surface area contributed by atoms with Gasteiger partial charge < -0.3 is 19.8 Å². The SMILES string of the molecule is C=CC[N@@+]1(C)CCc2cc(CO)ccc2[C@H]1Cc1ccc(CO)c(O)c1. The van der Waals surface area contributed by atoms with Gasteiger partial charge in [-0.05, 0) is 28.8 Å². The zero-order chi connectivity index (χ0) is 18.7. The molecule has 0 radical (unpaired) electrons. The van der Waals surface area contributed by atoms with E-state index in [1.807, 2.05) is 18.2 Å². The van der Waals surface area contributed by atoms with E-state index < -0.39 is 0 Å². The predicted molar refractivity (Wildman–Crippen MR) is 103 cm³/mol. The Morgan fingerprint density at radius 3 is 2.54 bits per heavy atom. The third kappa shape index (κ3) is 3.54. The minimum Gasteiger partial charge on any atom is -0.508 e. The second-order valence-electron chi connectivity index (χ2n) is 7.46. The van der Waals surface area contributed by atoms with Gasteiger partial charge in [-0.25, -0.2) is 0 Å². The minimum atomic E-state index is -0.160. The largest absolute Gasteiger partial charge is 0.508 e. The number of hydrogen-bond donors (Lipinski definition) is 3. The Bertz CT molecular complexity index is 802. The number of quaternary nitrogens is 1. The molecule has 1 aliphatic rings. The van der Waals surface area contributed by atoms with Crippen LogP contribution in [-0.2, 0) is 26.1 Å². The molecule has 0 aliphatic carbocycles. The third-order valence-corrected chi connectivity index (χ3v) is 5.69. The average molecular weight is 354 g/mol. The van der Waals surface area contributed by atoms with Crippen LogP contribution >= 0.6 is 0 Å². The van der Waals surface area contributed by atoms with Gasteiger partial charge in [-0.2, -0.15) is 0 Å². The number of aliphatic hydroxyl groups excluding tert-OH is 2. The van der Waals surface area contributed by atoms with E-state index in [1.165, 1.54) is 11.1 Å². The summed E-state index contributed by atoms with van der Waals surface area (Å²) in [4.78, 5) is 0. The Labute approximate surface area is 155 Å². The first-order valence-corrected chi connectivity index (χ1v) is 9.10. The lowest BCUT2D eigenvalue weighted by atomic mass is 9.85. The maximum absolute atomic E-state index is 10.1. The molecule has 2 aromatic rings. The van der Waals surface area contributed by atoms with Crippen LogP contribution in [0.5, 0.6) is 5.75 Å². The van der Waals surface area contributed by atoms with E-state index in [0.717, 1.165) is 41.5 Å². The van der Waals surface area contributed by atoms with Crippen LogP contribution in [0.25, 0.3) is 0 Å². The Kier molecular flexibility index (Phi) is 5.47. The van der Waals surface area contributed by atoms with Gasteiger partial charge in [-0.15, -0.1) is 0 Å². The van der Waals surface area contributed by atoms with Crippen molar-refractivity contribution in [1.82, 2.24) is 0 Å². The molecule has 0 aromatic heterocycles. The number of benzene rings is 2. The zero-order valence-electron chi connectivity index (χ0n) is 15.4. The van der Waals surface area contributed by atoms with Gasteiger partial charge >= 0.3 is 0 Å². The summed E-state index contributed by atoms with van der Waals surface area (Å²) in [6.45, 7) is 5.74. The summed E-state index contributed by atoms with van der Waals surface area (Å²) in [6.07, 6.45) is 3.76. The maximum Gasteiger partial charge on any atom is 0.121 e. The van der Waals surface area contributed by atoms with Crippen molar-refractivity contribution in [2.24, 2.45) is 0 Å². The van der Waals surface area contributed by atoms with E-state index in [4.69, 9.17) is 0 Å². The minimum absolute atomic E-state index is 0.0627. The van der Waals surface area contributed by atoms with Crippen LogP contribution < -0.4 is 0 Å². The average Bonchev–Trinajstić information content (AvgIpc) is 2.64. The van der Waals surface area contributed by atoms with Gasteiger partial charge in [0.1, 0.15) is 11.8 Å². The molecule has 2 atom stereocenters. The van der Waals surface area contributed by atoms with Gasteiger partial charge in [0.15, 0.2) is 0 Å². The fraction of sp³-hybridized carbons (Fsp3) is 0.364. The maximum atomic E-state index is 10.1. The molecular formula is C22H28NO3+. The van der Waals surface area contributed by atoms with Crippen LogP contribution in [0.3, 0.4) is 0 Å². The van der Waals surface area contributed by atoms with Crippen LogP contribution in [0, 0.1) is 0 Å². The predicted octanol–water partition coefficient (Wildman–Crippen LogP) is 2.85. The first-order valence-electron chi connectivity index (χ1n) is 9.10. The topological polar surface area (TPSA) is 60.7 Å². The van der Waals surface area contributed by atoms with Crippen molar-refractivity contribution < 1.29 is 19.8 Å². The standard InChI is InChI=1S/C22H27NO3/c1-3-9-23(2)10-8-18-11-17(14-24)5-7-20(18)21(23)12-16-4-6-19(15-25)22(26)13-16/h3-7,11,13,21,24-25H,1,8-10,12,14-15H2,2H3/p+1/t21-,23+/m1/s1. The fourth-order valence-electron chi connectivity index (χ4n) is 4.10. The number of hydrogen-bond acceptors (Lipinski definition) is 3. The highest BCUT2D eigenvalue weighted by molar-refractivity contribution is 5.39. The molecule has 4 nitrogen and oxygen atoms in total. The Morgan fingerprint density at radius 2 is 1.88 bits per heavy atom. The van der Waals surface area contributed by atoms with Crippen LogP contribution in [0.1, 0.15) is 33.9 Å². The molecule has 26 heavy (non-hydrogen) atoms. The molecule has 3 N–H and O–H groups in total. The van der Waals surface area contributed by atoms with Crippen molar-refractivity contribution in [3.8, 4) is 5.75 Å². The smallest absolute Gasteiger partial charge is 0.121 e. The van der Waals surface area contributed by atoms with Gasteiger partial charge in [-0.1, -0.05) is 36.9 Å². The zero-order valence-corrected chi connectivity index (χ0v) is 15.4. The molecule has 0 saturated carbocycles. The first-order chi connectivity index (χ1) is 12.5. The third-order valence-electron chi connectivity index (χ3n) is 5.69. The second-order valence-corrected chi connectivity index (χ2v) is 7.46. The molecule has 1 aliphatic heterocycles. The number of aliphatic hydroxyl groups is 2. The van der Waals surface area contributed by atoms with E-state index in [-0.39, 0.29) is 25.0 Å². The monoisotopic (exact) mass is 354 g/mol. The Balaban J connectivity index is 2.00. The Morgan fingerprint density at radius 1 is 1.12 bits per heavy atom. The molecule has 138 valence electrons. The molecule has 0 spiro atoms. The summed E-state index contributed by atoms with van der Waals surface area (Å²) in [6, 6.07) is 12.1. The number of nitrogens with zero attached hydrogens (tertiary/aromatic N) is 1. The van der Waals surface area contributed by atoms with Crippen LogP contribution in [0.4, 0.5) is 0 Å². The highest BCUT2D eigenvalue weighted by Gasteiger charge is 2.38. The number of fused-ring (bicyclic) bond motifs is 1. The van der Waals surface area contributed by atoms with Crippen LogP contribution in [-0.4, -0.2) is 39.9 Å². The lowest BCUT2D eigenvalue weighted by Crippen LogP contribution is -2.52. The van der Waals surface area contributed by atoms with E-state index in [0.29, 0.717) is 5.56 Å². The second kappa shape index (κ2) is 7.62. The van der Waals surface area contributed by atoms with E-state index in [9.17, 15) is 15.3 Å². The lowest BCUT2D eigenvalue weighted by Gasteiger charge is -2.45. The van der Waals surface area contributed by atoms with Gasteiger partial charge in [0.05, 0.1) is 33.4 Å². The molecule has 1 heterocycles. The number of rotatable bonds is 6. The van der Waals surface area contributed by atoms with Gasteiger partial charge in [0.25, 0.3) is 0 Å². The van der Waals surface area contributed by atoms with E-state index >= 15 is 0 Å². The molecule has 0 amide bonds. The van der Waals surface area contributed by atoms with E-state index in [2.05, 4.69) is 25.8 Å². The molecule has 0 saturated heterocycles. The molecular weight excluding hydrogens is 326 g/mol. The summed E-state index contributed by atoms with van der Waals surface area (Å²) in [5.74, 6) is 0.148. The summed E-state index contributed by atoms with van der Waals surface area (Å²) in [7, 11) is 2.26. The van der Waals surface area contributed by atoms with E-state index in [1.54, 1.807) is 12.1 Å². The fourth-order valence-corrected chi connectivity index (χ4v) is 4.10. The first kappa shape index (κ1) is 18.6. The molecule has 0 unspecified atom stereocenters. The number of aromatic hydroxyl groups is 1. The quantitative estimate of drug-likeness (QED) is 0.552. The van der Waals surface area contributed by atoms with Crippen molar-refractivity contribution in [1.29, 1.82) is 0 Å². The molecule has 0 bridgehead atoms. The molecule has 4 heteroatoms. The van der Waals surface area contributed by atoms with Crippen molar-refractivity contribution in [3.63, 3.8) is 0 Å². The summed E-state index contributed by atoms with van der Waals surface area (Å²) in [5.41, 5.74) is 5.17. The highest BCUT2D eigenvalue weighted by atomic mass is 16.3. The lowest BCUT2D eigenvalue weighted by molar-refractivity contribution is -0.936. The summed E-state index contributed by atoms with van der Waals surface area (Å²) < 4.78 is 0.873.